The highest BCUT2D eigenvalue weighted by Crippen LogP contribution is 2.34. The van der Waals surface area contributed by atoms with Crippen LogP contribution in [0.4, 0.5) is 0 Å². The molecule has 7 heteroatoms. The van der Waals surface area contributed by atoms with Crippen molar-refractivity contribution in [3.8, 4) is 17.2 Å². The Hall–Kier alpha value is -2.41. The van der Waals surface area contributed by atoms with E-state index in [2.05, 4.69) is 39.4 Å². The Morgan fingerprint density at radius 3 is 2.33 bits per heavy atom. The molecule has 1 aromatic heterocycles. The molecule has 0 aliphatic rings. The average Bonchev–Trinajstić information content (AvgIpc) is 3.24. The molecule has 1 unspecified atom stereocenters. The molecule has 0 amide bonds. The van der Waals surface area contributed by atoms with E-state index in [1.807, 2.05) is 12.1 Å². The number of hydrogen-bond acceptors (Lipinski definition) is 5. The molecule has 0 radical (unpaired) electrons. The molecular weight excluding hydrogens is 362 g/mol. The van der Waals surface area contributed by atoms with Gasteiger partial charge in [0.1, 0.15) is 17.2 Å². The summed E-state index contributed by atoms with van der Waals surface area (Å²) in [5, 5.41) is 11.0. The standard InChI is InChI=1S/C20H29N3O3S/c1-14(15-7-9-27-13-15)12-23-20(21-2)22-8-6-17-18(25-4)10-16(24-3)11-19(17)26-5/h7,9-11,13-14H,6,8,12H2,1-5H3,(H2,21,22,23). The fraction of sp³-hybridized carbons (Fsp3) is 0.450. The maximum absolute atomic E-state index is 5.50. The van der Waals surface area contributed by atoms with E-state index in [9.17, 15) is 0 Å². The van der Waals surface area contributed by atoms with E-state index in [-0.39, 0.29) is 0 Å². The molecule has 148 valence electrons. The number of rotatable bonds is 9. The number of guanidine groups is 1. The van der Waals surface area contributed by atoms with Crippen LogP contribution in [0.15, 0.2) is 34.0 Å². The normalized spacial score (nSPS) is 12.4. The van der Waals surface area contributed by atoms with E-state index in [0.29, 0.717) is 18.2 Å². The zero-order chi connectivity index (χ0) is 19.6. The predicted octanol–water partition coefficient (Wildman–Crippen LogP) is 3.29. The van der Waals surface area contributed by atoms with E-state index < -0.39 is 0 Å². The molecule has 0 spiro atoms. The summed E-state index contributed by atoms with van der Waals surface area (Å²) in [7, 11) is 6.70. The monoisotopic (exact) mass is 391 g/mol. The zero-order valence-electron chi connectivity index (χ0n) is 16.7. The summed E-state index contributed by atoms with van der Waals surface area (Å²) >= 11 is 1.72. The number of methoxy groups -OCH3 is 3. The molecule has 27 heavy (non-hydrogen) atoms. The van der Waals surface area contributed by atoms with Crippen molar-refractivity contribution >= 4 is 17.3 Å². The predicted molar refractivity (Wildman–Crippen MR) is 112 cm³/mol. The molecule has 1 aromatic carbocycles. The maximum Gasteiger partial charge on any atom is 0.191 e. The number of nitrogens with zero attached hydrogens (tertiary/aromatic N) is 1. The lowest BCUT2D eigenvalue weighted by atomic mass is 10.1. The Bertz CT molecular complexity index is 707. The van der Waals surface area contributed by atoms with Crippen molar-refractivity contribution in [2.24, 2.45) is 4.99 Å². The molecule has 1 heterocycles. The summed E-state index contributed by atoms with van der Waals surface area (Å²) in [6.07, 6.45) is 0.733. The van der Waals surface area contributed by atoms with Crippen molar-refractivity contribution < 1.29 is 14.2 Å². The van der Waals surface area contributed by atoms with E-state index >= 15 is 0 Å². The first-order valence-corrected chi connectivity index (χ1v) is 9.82. The largest absolute Gasteiger partial charge is 0.496 e. The third kappa shape index (κ3) is 5.79. The first-order valence-electron chi connectivity index (χ1n) is 8.88. The van der Waals surface area contributed by atoms with Gasteiger partial charge < -0.3 is 24.8 Å². The van der Waals surface area contributed by atoms with Gasteiger partial charge in [-0.2, -0.15) is 11.3 Å². The molecule has 0 saturated heterocycles. The van der Waals surface area contributed by atoms with E-state index in [1.54, 1.807) is 39.7 Å². The molecule has 2 aromatic rings. The molecule has 0 fully saturated rings. The summed E-state index contributed by atoms with van der Waals surface area (Å²) in [5.74, 6) is 3.42. The quantitative estimate of drug-likeness (QED) is 0.507. The van der Waals surface area contributed by atoms with Crippen LogP contribution in [0, 0.1) is 0 Å². The SMILES string of the molecule is CN=C(NCCc1c(OC)cc(OC)cc1OC)NCC(C)c1ccsc1. The van der Waals surface area contributed by atoms with Crippen molar-refractivity contribution in [3.05, 3.63) is 40.1 Å². The van der Waals surface area contributed by atoms with Gasteiger partial charge in [-0.3, -0.25) is 4.99 Å². The molecular formula is C20H29N3O3S. The van der Waals surface area contributed by atoms with E-state index in [4.69, 9.17) is 14.2 Å². The van der Waals surface area contributed by atoms with Crippen LogP contribution >= 0.6 is 11.3 Å². The van der Waals surface area contributed by atoms with Crippen molar-refractivity contribution in [1.82, 2.24) is 10.6 Å². The van der Waals surface area contributed by atoms with Crippen molar-refractivity contribution in [2.45, 2.75) is 19.3 Å². The van der Waals surface area contributed by atoms with Crippen LogP contribution in [-0.2, 0) is 6.42 Å². The lowest BCUT2D eigenvalue weighted by molar-refractivity contribution is 0.368. The molecule has 1 atom stereocenters. The van der Waals surface area contributed by atoms with Crippen LogP contribution in [0.2, 0.25) is 0 Å². The third-order valence-corrected chi connectivity index (χ3v) is 5.10. The third-order valence-electron chi connectivity index (χ3n) is 4.40. The van der Waals surface area contributed by atoms with Crippen molar-refractivity contribution in [2.75, 3.05) is 41.5 Å². The number of aliphatic imine (C=N–C) groups is 1. The van der Waals surface area contributed by atoms with Gasteiger partial charge in [0, 0.05) is 37.8 Å². The van der Waals surface area contributed by atoms with Gasteiger partial charge in [-0.15, -0.1) is 0 Å². The summed E-state index contributed by atoms with van der Waals surface area (Å²) < 4.78 is 16.3. The van der Waals surface area contributed by atoms with Crippen molar-refractivity contribution in [3.63, 3.8) is 0 Å². The second-order valence-corrected chi connectivity index (χ2v) is 6.88. The molecule has 0 aliphatic carbocycles. The molecule has 2 N–H and O–H groups in total. The van der Waals surface area contributed by atoms with E-state index in [1.165, 1.54) is 5.56 Å². The molecule has 0 bridgehead atoms. The number of benzene rings is 1. The number of hydrogen-bond donors (Lipinski definition) is 2. The smallest absolute Gasteiger partial charge is 0.191 e. The highest BCUT2D eigenvalue weighted by atomic mass is 32.1. The Balaban J connectivity index is 1.92. The highest BCUT2D eigenvalue weighted by molar-refractivity contribution is 7.07. The van der Waals surface area contributed by atoms with Crippen LogP contribution in [0.3, 0.4) is 0 Å². The minimum atomic E-state index is 0.427. The van der Waals surface area contributed by atoms with Crippen molar-refractivity contribution in [1.29, 1.82) is 0 Å². The highest BCUT2D eigenvalue weighted by Gasteiger charge is 2.13. The minimum absolute atomic E-state index is 0.427. The Morgan fingerprint density at radius 1 is 1.11 bits per heavy atom. The van der Waals surface area contributed by atoms with Gasteiger partial charge in [0.05, 0.1) is 21.3 Å². The maximum atomic E-state index is 5.50. The molecule has 0 saturated carbocycles. The van der Waals surface area contributed by atoms with Crippen LogP contribution in [0.5, 0.6) is 17.2 Å². The van der Waals surface area contributed by atoms with Crippen LogP contribution in [0.1, 0.15) is 24.0 Å². The van der Waals surface area contributed by atoms with Gasteiger partial charge >= 0.3 is 0 Å². The lowest BCUT2D eigenvalue weighted by Crippen LogP contribution is -2.39. The van der Waals surface area contributed by atoms with Crippen LogP contribution < -0.4 is 24.8 Å². The van der Waals surface area contributed by atoms with Gasteiger partial charge in [-0.25, -0.2) is 0 Å². The van der Waals surface area contributed by atoms with Crippen LogP contribution in [0.25, 0.3) is 0 Å². The zero-order valence-corrected chi connectivity index (χ0v) is 17.5. The summed E-state index contributed by atoms with van der Waals surface area (Å²) in [6, 6.07) is 5.90. The number of ether oxygens (including phenoxy) is 3. The van der Waals surface area contributed by atoms with Gasteiger partial charge in [0.25, 0.3) is 0 Å². The Labute approximate surface area is 165 Å². The van der Waals surface area contributed by atoms with Gasteiger partial charge in [0.2, 0.25) is 0 Å². The van der Waals surface area contributed by atoms with Crippen LogP contribution in [-0.4, -0.2) is 47.4 Å². The summed E-state index contributed by atoms with van der Waals surface area (Å²) in [4.78, 5) is 4.30. The second-order valence-electron chi connectivity index (χ2n) is 6.10. The Kier molecular flexibility index (Phi) is 8.26. The summed E-state index contributed by atoms with van der Waals surface area (Å²) in [5.41, 5.74) is 2.34. The van der Waals surface area contributed by atoms with Gasteiger partial charge in [-0.05, 0) is 34.7 Å². The second kappa shape index (κ2) is 10.7. The van der Waals surface area contributed by atoms with E-state index in [0.717, 1.165) is 36.0 Å². The van der Waals surface area contributed by atoms with Gasteiger partial charge in [0.15, 0.2) is 5.96 Å². The number of nitrogens with one attached hydrogen (secondary N) is 2. The fourth-order valence-corrected chi connectivity index (χ4v) is 3.56. The fourth-order valence-electron chi connectivity index (χ4n) is 2.77. The molecule has 0 aliphatic heterocycles. The Morgan fingerprint density at radius 2 is 1.81 bits per heavy atom. The topological polar surface area (TPSA) is 64.1 Å². The first kappa shape index (κ1) is 20.9. The average molecular weight is 392 g/mol. The molecule has 6 nitrogen and oxygen atoms in total. The lowest BCUT2D eigenvalue weighted by Gasteiger charge is -2.17. The molecule has 2 rings (SSSR count). The first-order chi connectivity index (χ1) is 13.1. The van der Waals surface area contributed by atoms with Gasteiger partial charge in [-0.1, -0.05) is 6.92 Å². The summed E-state index contributed by atoms with van der Waals surface area (Å²) in [6.45, 7) is 3.73. The minimum Gasteiger partial charge on any atom is -0.496 e. The number of thiophene rings is 1.